The number of benzene rings is 2. The molecule has 0 aliphatic heterocycles. The zero-order valence-corrected chi connectivity index (χ0v) is 11.4. The maximum Gasteiger partial charge on any atom is 0.113 e. The molecule has 2 nitrogen and oxygen atoms in total. The lowest BCUT2D eigenvalue weighted by Gasteiger charge is -2.10. The molecule has 0 aliphatic carbocycles. The highest BCUT2D eigenvalue weighted by Crippen LogP contribution is 2.17. The predicted molar refractivity (Wildman–Crippen MR) is 80.3 cm³/mol. The minimum Gasteiger partial charge on any atom is -0.398 e. The third kappa shape index (κ3) is 3.05. The predicted octanol–water partition coefficient (Wildman–Crippen LogP) is 3.82. The summed E-state index contributed by atoms with van der Waals surface area (Å²) in [5, 5.41) is 3.16. The van der Waals surface area contributed by atoms with Gasteiger partial charge >= 0.3 is 0 Å². The average molecular weight is 307 g/mol. The number of hydrogen-bond donors (Lipinski definition) is 2. The Bertz CT molecular complexity index is 537. The van der Waals surface area contributed by atoms with Gasteiger partial charge in [0.25, 0.3) is 0 Å². The molecule has 0 radical (unpaired) electrons. The maximum absolute atomic E-state index is 5.86. The fraction of sp³-hybridized carbons (Fsp3) is 0. The second kappa shape index (κ2) is 5.29. The number of rotatable bonds is 2. The summed E-state index contributed by atoms with van der Waals surface area (Å²) in [6.45, 7) is 0. The van der Waals surface area contributed by atoms with Gasteiger partial charge in [0, 0.05) is 21.4 Å². The molecular formula is C13H11BrN2S. The zero-order valence-electron chi connectivity index (χ0n) is 8.98. The van der Waals surface area contributed by atoms with E-state index in [9.17, 15) is 0 Å². The quantitative estimate of drug-likeness (QED) is 0.654. The molecule has 2 aromatic carbocycles. The Labute approximate surface area is 114 Å². The van der Waals surface area contributed by atoms with Gasteiger partial charge in [-0.15, -0.1) is 0 Å². The van der Waals surface area contributed by atoms with Crippen LogP contribution in [0.3, 0.4) is 0 Å². The van der Waals surface area contributed by atoms with Gasteiger partial charge in [0.2, 0.25) is 0 Å². The number of halogens is 1. The van der Waals surface area contributed by atoms with Crippen LogP contribution in [0.1, 0.15) is 5.56 Å². The summed E-state index contributed by atoms with van der Waals surface area (Å²) in [5.74, 6) is 0. The van der Waals surface area contributed by atoms with Crippen molar-refractivity contribution in [2.45, 2.75) is 0 Å². The summed E-state index contributed by atoms with van der Waals surface area (Å²) in [6.07, 6.45) is 0. The van der Waals surface area contributed by atoms with Crippen LogP contribution in [0, 0.1) is 0 Å². The van der Waals surface area contributed by atoms with Crippen LogP contribution >= 0.6 is 28.1 Å². The minimum atomic E-state index is 0.630. The van der Waals surface area contributed by atoms with Crippen molar-refractivity contribution < 1.29 is 0 Å². The Morgan fingerprint density at radius 3 is 2.35 bits per heavy atom. The molecule has 0 heterocycles. The lowest BCUT2D eigenvalue weighted by molar-refractivity contribution is 1.58. The highest BCUT2D eigenvalue weighted by atomic mass is 79.9. The number of thiocarbonyl (C=S) groups is 1. The van der Waals surface area contributed by atoms with Crippen LogP contribution in [-0.4, -0.2) is 4.99 Å². The van der Waals surface area contributed by atoms with Crippen molar-refractivity contribution in [1.29, 1.82) is 0 Å². The molecule has 4 heteroatoms. The second-order valence-corrected chi connectivity index (χ2v) is 4.87. The first-order valence-corrected chi connectivity index (χ1v) is 6.28. The Morgan fingerprint density at radius 1 is 1.06 bits per heavy atom. The van der Waals surface area contributed by atoms with Crippen LogP contribution in [0.15, 0.2) is 53.0 Å². The topological polar surface area (TPSA) is 38.0 Å². The summed E-state index contributed by atoms with van der Waals surface area (Å²) in [5.41, 5.74) is 8.34. The van der Waals surface area contributed by atoms with E-state index in [0.29, 0.717) is 10.7 Å². The van der Waals surface area contributed by atoms with Gasteiger partial charge in [0.15, 0.2) is 0 Å². The van der Waals surface area contributed by atoms with E-state index in [1.54, 1.807) is 0 Å². The number of nitrogens with one attached hydrogen (secondary N) is 1. The van der Waals surface area contributed by atoms with E-state index in [4.69, 9.17) is 18.0 Å². The van der Waals surface area contributed by atoms with Gasteiger partial charge in [0.05, 0.1) is 0 Å². The first-order chi connectivity index (χ1) is 8.16. The minimum absolute atomic E-state index is 0.630. The van der Waals surface area contributed by atoms with Crippen LogP contribution in [0.5, 0.6) is 0 Å². The number of para-hydroxylation sites is 1. The molecule has 0 saturated carbocycles. The molecule has 0 bridgehead atoms. The van der Waals surface area contributed by atoms with Crippen LogP contribution in [0.25, 0.3) is 0 Å². The van der Waals surface area contributed by atoms with Crippen molar-refractivity contribution in [2.75, 3.05) is 11.1 Å². The molecule has 86 valence electrons. The number of hydrogen-bond acceptors (Lipinski definition) is 2. The molecule has 3 N–H and O–H groups in total. The van der Waals surface area contributed by atoms with E-state index < -0.39 is 0 Å². The van der Waals surface area contributed by atoms with E-state index in [1.807, 2.05) is 48.5 Å². The molecule has 0 amide bonds. The summed E-state index contributed by atoms with van der Waals surface area (Å²) >= 11 is 8.71. The van der Waals surface area contributed by atoms with Crippen LogP contribution in [0.2, 0.25) is 0 Å². The fourth-order valence-corrected chi connectivity index (χ4v) is 2.00. The molecular weight excluding hydrogens is 296 g/mol. The van der Waals surface area contributed by atoms with Gasteiger partial charge in [-0.3, -0.25) is 0 Å². The summed E-state index contributed by atoms with van der Waals surface area (Å²) in [7, 11) is 0. The van der Waals surface area contributed by atoms with Crippen molar-refractivity contribution in [3.63, 3.8) is 0 Å². The van der Waals surface area contributed by atoms with Crippen LogP contribution < -0.4 is 11.1 Å². The fourth-order valence-electron chi connectivity index (χ4n) is 1.44. The maximum atomic E-state index is 5.86. The molecule has 0 aliphatic rings. The van der Waals surface area contributed by atoms with E-state index in [1.165, 1.54) is 0 Å². The van der Waals surface area contributed by atoms with Crippen LogP contribution in [0.4, 0.5) is 11.4 Å². The van der Waals surface area contributed by atoms with E-state index in [0.717, 1.165) is 15.7 Å². The van der Waals surface area contributed by atoms with E-state index in [-0.39, 0.29) is 0 Å². The number of nitrogens with two attached hydrogens (primary N) is 1. The lowest BCUT2D eigenvalue weighted by atomic mass is 10.2. The summed E-state index contributed by atoms with van der Waals surface area (Å²) < 4.78 is 1.04. The molecule has 0 aromatic heterocycles. The third-order valence-electron chi connectivity index (χ3n) is 2.31. The third-order valence-corrected chi connectivity index (χ3v) is 3.16. The first-order valence-electron chi connectivity index (χ1n) is 5.08. The highest BCUT2D eigenvalue weighted by molar-refractivity contribution is 9.10. The molecule has 0 fully saturated rings. The second-order valence-electron chi connectivity index (χ2n) is 3.55. The number of nitrogen functional groups attached to an aromatic ring is 1. The Balaban J connectivity index is 2.17. The smallest absolute Gasteiger partial charge is 0.113 e. The zero-order chi connectivity index (χ0) is 12.3. The lowest BCUT2D eigenvalue weighted by Crippen LogP contribution is -2.12. The first kappa shape index (κ1) is 12.1. The van der Waals surface area contributed by atoms with Crippen molar-refractivity contribution >= 4 is 44.5 Å². The van der Waals surface area contributed by atoms with Gasteiger partial charge in [0.1, 0.15) is 4.99 Å². The molecule has 2 aromatic rings. The standard InChI is InChI=1S/C13H11BrN2S/c14-9-5-7-10(8-6-9)16-13(17)11-3-1-2-4-12(11)15/h1-8H,15H2,(H,16,17). The number of anilines is 2. The van der Waals surface area contributed by atoms with Crippen molar-refractivity contribution in [3.8, 4) is 0 Å². The molecule has 0 atom stereocenters. The Morgan fingerprint density at radius 2 is 1.71 bits per heavy atom. The van der Waals surface area contributed by atoms with Crippen LogP contribution in [-0.2, 0) is 0 Å². The molecule has 0 saturated heterocycles. The van der Waals surface area contributed by atoms with Gasteiger partial charge in [-0.25, -0.2) is 0 Å². The summed E-state index contributed by atoms with van der Waals surface area (Å²) in [4.78, 5) is 0.630. The Hall–Kier alpha value is -1.39. The molecule has 0 spiro atoms. The normalized spacial score (nSPS) is 9.94. The summed E-state index contributed by atoms with van der Waals surface area (Å²) in [6, 6.07) is 15.4. The van der Waals surface area contributed by atoms with E-state index in [2.05, 4.69) is 21.2 Å². The van der Waals surface area contributed by atoms with Gasteiger partial charge < -0.3 is 11.1 Å². The monoisotopic (exact) mass is 306 g/mol. The largest absolute Gasteiger partial charge is 0.398 e. The molecule has 17 heavy (non-hydrogen) atoms. The Kier molecular flexibility index (Phi) is 3.76. The molecule has 2 rings (SSSR count). The van der Waals surface area contributed by atoms with Crippen molar-refractivity contribution in [1.82, 2.24) is 0 Å². The average Bonchev–Trinajstić information content (AvgIpc) is 2.32. The van der Waals surface area contributed by atoms with Gasteiger partial charge in [-0.2, -0.15) is 0 Å². The van der Waals surface area contributed by atoms with E-state index >= 15 is 0 Å². The van der Waals surface area contributed by atoms with Gasteiger partial charge in [-0.05, 0) is 36.4 Å². The molecule has 0 unspecified atom stereocenters. The van der Waals surface area contributed by atoms with Crippen molar-refractivity contribution in [3.05, 3.63) is 58.6 Å². The SMILES string of the molecule is Nc1ccccc1C(=S)Nc1ccc(Br)cc1. The van der Waals surface area contributed by atoms with Gasteiger partial charge in [-0.1, -0.05) is 40.3 Å². The highest BCUT2D eigenvalue weighted by Gasteiger charge is 2.04. The van der Waals surface area contributed by atoms with Crippen molar-refractivity contribution in [2.24, 2.45) is 0 Å².